The van der Waals surface area contributed by atoms with Crippen LogP contribution in [0.2, 0.25) is 5.15 Å². The second-order valence-corrected chi connectivity index (χ2v) is 5.35. The fourth-order valence-corrected chi connectivity index (χ4v) is 2.19. The van der Waals surface area contributed by atoms with Crippen molar-refractivity contribution in [3.8, 4) is 5.69 Å². The minimum atomic E-state index is -0.396. The largest absolute Gasteiger partial charge is 0.308 e. The van der Waals surface area contributed by atoms with Gasteiger partial charge in [0.2, 0.25) is 5.91 Å². The summed E-state index contributed by atoms with van der Waals surface area (Å²) in [5.74, 6) is -0.108. The van der Waals surface area contributed by atoms with Crippen molar-refractivity contribution >= 4 is 35.8 Å². The molecule has 0 aliphatic carbocycles. The van der Waals surface area contributed by atoms with Gasteiger partial charge in [-0.15, -0.1) is 0 Å². The first-order chi connectivity index (χ1) is 9.54. The highest BCUT2D eigenvalue weighted by atomic mass is 35.5. The van der Waals surface area contributed by atoms with Gasteiger partial charge in [0.1, 0.15) is 5.69 Å². The number of anilines is 1. The first-order valence-electron chi connectivity index (χ1n) is 6.19. The minimum absolute atomic E-state index is 0.108. The van der Waals surface area contributed by atoms with Crippen molar-refractivity contribution < 1.29 is 4.79 Å². The third-order valence-corrected chi connectivity index (χ3v) is 3.28. The Hall–Kier alpha value is -1.53. The normalized spacial score (nSPS) is 12.2. The molecule has 2 heterocycles. The summed E-state index contributed by atoms with van der Waals surface area (Å²) in [5.41, 5.74) is 1.35. The Balaban J connectivity index is 2.38. The van der Waals surface area contributed by atoms with E-state index in [9.17, 15) is 4.79 Å². The third kappa shape index (κ3) is 2.96. The molecule has 20 heavy (non-hydrogen) atoms. The fraction of sp³-hybridized carbons (Fsp3) is 0.308. The first kappa shape index (κ1) is 14.9. The zero-order valence-corrected chi connectivity index (χ0v) is 12.8. The van der Waals surface area contributed by atoms with E-state index in [2.05, 4.69) is 22.7 Å². The summed E-state index contributed by atoms with van der Waals surface area (Å²) in [4.78, 5) is 17.7. The Bertz CT molecular complexity index is 600. The van der Waals surface area contributed by atoms with Crippen molar-refractivity contribution in [2.75, 3.05) is 11.4 Å². The van der Waals surface area contributed by atoms with Crippen LogP contribution in [0, 0.1) is 0 Å². The summed E-state index contributed by atoms with van der Waals surface area (Å²) < 4.78 is 1.60. The zero-order chi connectivity index (χ0) is 14.7. The van der Waals surface area contributed by atoms with Crippen molar-refractivity contribution in [2.45, 2.75) is 19.1 Å². The van der Waals surface area contributed by atoms with E-state index >= 15 is 0 Å². The van der Waals surface area contributed by atoms with Crippen molar-refractivity contribution in [1.29, 1.82) is 0 Å². The number of hydrogen-bond donors (Lipinski definition) is 1. The van der Waals surface area contributed by atoms with Crippen LogP contribution in [0.4, 0.5) is 5.69 Å². The molecule has 1 unspecified atom stereocenters. The van der Waals surface area contributed by atoms with Gasteiger partial charge in [-0.3, -0.25) is 9.78 Å². The third-order valence-electron chi connectivity index (χ3n) is 2.79. The monoisotopic (exact) mass is 310 g/mol. The first-order valence-corrected chi connectivity index (χ1v) is 7.09. The van der Waals surface area contributed by atoms with Gasteiger partial charge in [-0.2, -0.15) is 17.7 Å². The molecule has 2 aromatic rings. The number of nitrogens with zero attached hydrogens (tertiary/aromatic N) is 4. The van der Waals surface area contributed by atoms with E-state index < -0.39 is 5.25 Å². The molecular weight excluding hydrogens is 296 g/mol. The summed E-state index contributed by atoms with van der Waals surface area (Å²) in [6, 6.07) is 3.67. The summed E-state index contributed by atoms with van der Waals surface area (Å²) in [7, 11) is 0. The van der Waals surface area contributed by atoms with Gasteiger partial charge in [-0.25, -0.2) is 4.68 Å². The molecule has 0 aliphatic heterocycles. The molecule has 0 radical (unpaired) electrons. The second kappa shape index (κ2) is 6.28. The van der Waals surface area contributed by atoms with Crippen molar-refractivity contribution in [1.82, 2.24) is 14.8 Å². The van der Waals surface area contributed by atoms with Gasteiger partial charge in [0.05, 0.1) is 23.3 Å². The van der Waals surface area contributed by atoms with E-state index in [4.69, 9.17) is 11.6 Å². The van der Waals surface area contributed by atoms with Crippen LogP contribution < -0.4 is 4.90 Å². The van der Waals surface area contributed by atoms with E-state index in [0.29, 0.717) is 12.2 Å². The van der Waals surface area contributed by atoms with Gasteiger partial charge in [0.15, 0.2) is 5.15 Å². The van der Waals surface area contributed by atoms with Gasteiger partial charge >= 0.3 is 0 Å². The molecule has 7 heteroatoms. The maximum atomic E-state index is 12.1. The molecule has 1 atom stereocenters. The lowest BCUT2D eigenvalue weighted by molar-refractivity contribution is -0.117. The number of carbonyl (C=O) groups is 1. The Morgan fingerprint density at radius 3 is 2.90 bits per heavy atom. The molecule has 0 aromatic carbocycles. The number of rotatable bonds is 4. The molecule has 0 aliphatic rings. The second-order valence-electron chi connectivity index (χ2n) is 4.22. The van der Waals surface area contributed by atoms with Gasteiger partial charge < -0.3 is 4.90 Å². The lowest BCUT2D eigenvalue weighted by Crippen LogP contribution is -2.35. The van der Waals surface area contributed by atoms with E-state index in [1.165, 1.54) is 0 Å². The zero-order valence-electron chi connectivity index (χ0n) is 11.2. The van der Waals surface area contributed by atoms with Gasteiger partial charge in [-0.1, -0.05) is 11.6 Å². The molecule has 1 amide bonds. The maximum Gasteiger partial charge on any atom is 0.239 e. The smallest absolute Gasteiger partial charge is 0.239 e. The number of thiol groups is 1. The van der Waals surface area contributed by atoms with Gasteiger partial charge in [-0.05, 0) is 26.0 Å². The van der Waals surface area contributed by atoms with Crippen LogP contribution >= 0.6 is 24.2 Å². The van der Waals surface area contributed by atoms with Gasteiger partial charge in [0, 0.05) is 12.7 Å². The summed E-state index contributed by atoms with van der Waals surface area (Å²) in [6.07, 6.45) is 5.07. The number of hydrogen-bond acceptors (Lipinski definition) is 4. The predicted octanol–water partition coefficient (Wildman–Crippen LogP) is 2.59. The molecule has 106 valence electrons. The highest BCUT2D eigenvalue weighted by Crippen LogP contribution is 2.26. The van der Waals surface area contributed by atoms with Crippen molar-refractivity contribution in [3.05, 3.63) is 35.9 Å². The molecule has 0 fully saturated rings. The van der Waals surface area contributed by atoms with Crippen LogP contribution in [0.3, 0.4) is 0 Å². The topological polar surface area (TPSA) is 51.0 Å². The molecule has 0 N–H and O–H groups in total. The quantitative estimate of drug-likeness (QED) is 0.883. The van der Waals surface area contributed by atoms with E-state index in [-0.39, 0.29) is 11.1 Å². The van der Waals surface area contributed by atoms with Gasteiger partial charge in [0.25, 0.3) is 0 Å². The highest BCUT2D eigenvalue weighted by molar-refractivity contribution is 7.81. The number of pyridine rings is 1. The average Bonchev–Trinajstić information content (AvgIpc) is 2.83. The molecule has 0 spiro atoms. The Labute approximate surface area is 128 Å². The fourth-order valence-electron chi connectivity index (χ4n) is 1.82. The summed E-state index contributed by atoms with van der Waals surface area (Å²) in [6.45, 7) is 4.11. The van der Waals surface area contributed by atoms with Crippen LogP contribution in [0.1, 0.15) is 13.8 Å². The minimum Gasteiger partial charge on any atom is -0.308 e. The number of aromatic nitrogens is 3. The number of halogens is 1. The lowest BCUT2D eigenvalue weighted by Gasteiger charge is -2.21. The Morgan fingerprint density at radius 2 is 2.35 bits per heavy atom. The molecule has 2 rings (SSSR count). The van der Waals surface area contributed by atoms with Crippen LogP contribution in [-0.2, 0) is 4.79 Å². The number of amides is 1. The van der Waals surface area contributed by atoms with Crippen molar-refractivity contribution in [2.24, 2.45) is 0 Å². The standard InChI is InChI=1S/C13H15ClN4OS/c1-3-17(13(19)9(2)20)11-8-18(16-12(11)14)10-5-4-6-15-7-10/h4-9,20H,3H2,1-2H3. The van der Waals surface area contributed by atoms with Crippen LogP contribution in [0.25, 0.3) is 5.69 Å². The van der Waals surface area contributed by atoms with Crippen LogP contribution in [-0.4, -0.2) is 32.5 Å². The Morgan fingerprint density at radius 1 is 1.60 bits per heavy atom. The molecule has 0 saturated carbocycles. The summed E-state index contributed by atoms with van der Waals surface area (Å²) in [5, 5.41) is 4.10. The molecule has 2 aromatic heterocycles. The summed E-state index contributed by atoms with van der Waals surface area (Å²) >= 11 is 10.3. The van der Waals surface area contributed by atoms with E-state index in [1.807, 2.05) is 19.1 Å². The average molecular weight is 311 g/mol. The van der Waals surface area contributed by atoms with Crippen molar-refractivity contribution in [3.63, 3.8) is 0 Å². The molecule has 0 bridgehead atoms. The SMILES string of the molecule is CCN(C(=O)C(C)S)c1cn(-c2cccnc2)nc1Cl. The Kier molecular flexibility index (Phi) is 4.67. The predicted molar refractivity (Wildman–Crippen MR) is 82.8 cm³/mol. The molecule has 5 nitrogen and oxygen atoms in total. The molecule has 0 saturated heterocycles. The van der Waals surface area contributed by atoms with E-state index in [1.54, 1.807) is 35.1 Å². The lowest BCUT2D eigenvalue weighted by atomic mass is 10.3. The van der Waals surface area contributed by atoms with E-state index in [0.717, 1.165) is 5.69 Å². The van der Waals surface area contributed by atoms with Crippen LogP contribution in [0.5, 0.6) is 0 Å². The molecular formula is C13H15ClN4OS. The highest BCUT2D eigenvalue weighted by Gasteiger charge is 2.22. The maximum absolute atomic E-state index is 12.1. The number of carbonyl (C=O) groups excluding carboxylic acids is 1. The van der Waals surface area contributed by atoms with Crippen LogP contribution in [0.15, 0.2) is 30.7 Å².